The maximum Gasteiger partial charge on any atom is 0.410 e. The van der Waals surface area contributed by atoms with Crippen LogP contribution in [0.5, 0.6) is 0 Å². The van der Waals surface area contributed by atoms with Crippen LogP contribution in [0.25, 0.3) is 0 Å². The van der Waals surface area contributed by atoms with Crippen LogP contribution in [0.2, 0.25) is 0 Å². The second-order valence-corrected chi connectivity index (χ2v) is 7.52. The highest BCUT2D eigenvalue weighted by Gasteiger charge is 2.34. The van der Waals surface area contributed by atoms with Gasteiger partial charge in [0.05, 0.1) is 11.7 Å². The normalized spacial score (nSPS) is 19.3. The second kappa shape index (κ2) is 6.51. The number of hydrogen-bond acceptors (Lipinski definition) is 4. The number of nitrogens with zero attached hydrogens (tertiary/aromatic N) is 3. The fourth-order valence-corrected chi connectivity index (χ4v) is 3.16. The maximum atomic E-state index is 12.6. The fraction of sp³-hybridized carbons (Fsp3) is 0.765. The highest BCUT2D eigenvalue weighted by Crippen LogP contribution is 2.30. The first-order valence-electron chi connectivity index (χ1n) is 8.37. The van der Waals surface area contributed by atoms with Crippen LogP contribution >= 0.6 is 0 Å². The van der Waals surface area contributed by atoms with Crippen molar-refractivity contribution >= 4 is 6.09 Å². The number of aryl methyl sites for hydroxylation is 1. The van der Waals surface area contributed by atoms with Crippen molar-refractivity contribution in [2.24, 2.45) is 0 Å². The standard InChI is InChI=1S/C17H30N4O2/c1-11(2)21-13(4)15(12(3)19-21)14-10-18-8-9-20(14)16(22)23-17(5,6)7/h11,14,18H,8-10H2,1-7H3. The molecule has 0 spiro atoms. The number of rotatable bonds is 2. The van der Waals surface area contributed by atoms with Gasteiger partial charge in [-0.05, 0) is 48.5 Å². The average Bonchev–Trinajstić information content (AvgIpc) is 2.72. The summed E-state index contributed by atoms with van der Waals surface area (Å²) in [6, 6.07) is 0.264. The minimum atomic E-state index is -0.487. The number of amides is 1. The third-order valence-electron chi connectivity index (χ3n) is 4.07. The van der Waals surface area contributed by atoms with Crippen molar-refractivity contribution in [3.8, 4) is 0 Å². The van der Waals surface area contributed by atoms with Gasteiger partial charge in [0, 0.05) is 36.9 Å². The zero-order valence-corrected chi connectivity index (χ0v) is 15.4. The Morgan fingerprint density at radius 2 is 2.00 bits per heavy atom. The molecule has 0 aliphatic carbocycles. The van der Waals surface area contributed by atoms with Gasteiger partial charge in [0.15, 0.2) is 0 Å². The molecule has 1 N–H and O–H groups in total. The molecule has 1 amide bonds. The van der Waals surface area contributed by atoms with E-state index in [0.29, 0.717) is 12.6 Å². The lowest BCUT2D eigenvalue weighted by Crippen LogP contribution is -2.50. The molecule has 0 bridgehead atoms. The molecule has 0 saturated carbocycles. The van der Waals surface area contributed by atoms with E-state index in [1.54, 1.807) is 0 Å². The van der Waals surface area contributed by atoms with Gasteiger partial charge >= 0.3 is 6.09 Å². The Hall–Kier alpha value is -1.56. The molecule has 0 radical (unpaired) electrons. The molecular weight excluding hydrogens is 292 g/mol. The van der Waals surface area contributed by atoms with E-state index < -0.39 is 5.60 Å². The van der Waals surface area contributed by atoms with E-state index in [1.165, 1.54) is 0 Å². The van der Waals surface area contributed by atoms with E-state index in [9.17, 15) is 4.79 Å². The van der Waals surface area contributed by atoms with Crippen molar-refractivity contribution in [2.75, 3.05) is 19.6 Å². The fourth-order valence-electron chi connectivity index (χ4n) is 3.16. The molecule has 6 nitrogen and oxygen atoms in total. The van der Waals surface area contributed by atoms with E-state index in [2.05, 4.69) is 31.2 Å². The Morgan fingerprint density at radius 1 is 1.35 bits per heavy atom. The highest BCUT2D eigenvalue weighted by molar-refractivity contribution is 5.69. The first-order valence-corrected chi connectivity index (χ1v) is 8.37. The zero-order valence-electron chi connectivity index (χ0n) is 15.4. The van der Waals surface area contributed by atoms with Gasteiger partial charge in [0.1, 0.15) is 5.60 Å². The molecule has 6 heteroatoms. The molecule has 1 fully saturated rings. The number of ether oxygens (including phenoxy) is 1. The summed E-state index contributed by atoms with van der Waals surface area (Å²) < 4.78 is 7.63. The van der Waals surface area contributed by atoms with Crippen LogP contribution in [0.15, 0.2) is 0 Å². The van der Waals surface area contributed by atoms with Crippen LogP contribution < -0.4 is 5.32 Å². The molecular formula is C17H30N4O2. The predicted molar refractivity (Wildman–Crippen MR) is 90.6 cm³/mol. The summed E-state index contributed by atoms with van der Waals surface area (Å²) in [5, 5.41) is 8.05. The Labute approximate surface area is 139 Å². The van der Waals surface area contributed by atoms with Gasteiger partial charge in [-0.3, -0.25) is 9.58 Å². The first kappa shape index (κ1) is 17.8. The van der Waals surface area contributed by atoms with E-state index in [1.807, 2.05) is 37.3 Å². The molecule has 1 aromatic heterocycles. The molecule has 1 aromatic rings. The number of piperazine rings is 1. The average molecular weight is 322 g/mol. The van der Waals surface area contributed by atoms with Crippen LogP contribution in [0.1, 0.15) is 63.7 Å². The number of aromatic nitrogens is 2. The van der Waals surface area contributed by atoms with Gasteiger partial charge in [-0.2, -0.15) is 5.10 Å². The summed E-state index contributed by atoms with van der Waals surface area (Å²) in [5.74, 6) is 0. The molecule has 2 heterocycles. The van der Waals surface area contributed by atoms with E-state index in [4.69, 9.17) is 4.74 Å². The van der Waals surface area contributed by atoms with Crippen molar-refractivity contribution in [3.05, 3.63) is 17.0 Å². The monoisotopic (exact) mass is 322 g/mol. The molecule has 0 aromatic carbocycles. The van der Waals surface area contributed by atoms with Crippen LogP contribution in [0.4, 0.5) is 4.79 Å². The van der Waals surface area contributed by atoms with Crippen molar-refractivity contribution in [2.45, 2.75) is 66.2 Å². The Kier molecular flexibility index (Phi) is 5.04. The van der Waals surface area contributed by atoms with Gasteiger partial charge in [0.25, 0.3) is 0 Å². The first-order chi connectivity index (χ1) is 10.6. The molecule has 1 saturated heterocycles. The topological polar surface area (TPSA) is 59.4 Å². The number of nitrogens with one attached hydrogen (secondary N) is 1. The summed E-state index contributed by atoms with van der Waals surface area (Å²) in [7, 11) is 0. The molecule has 1 aliphatic rings. The molecule has 2 rings (SSSR count). The lowest BCUT2D eigenvalue weighted by atomic mass is 10.0. The number of carbonyl (C=O) groups excluding carboxylic acids is 1. The second-order valence-electron chi connectivity index (χ2n) is 7.52. The summed E-state index contributed by atoms with van der Waals surface area (Å²) in [5.41, 5.74) is 2.76. The summed E-state index contributed by atoms with van der Waals surface area (Å²) in [6.45, 7) is 16.2. The number of carbonyl (C=O) groups is 1. The molecule has 1 unspecified atom stereocenters. The lowest BCUT2D eigenvalue weighted by Gasteiger charge is -2.37. The van der Waals surface area contributed by atoms with E-state index >= 15 is 0 Å². The van der Waals surface area contributed by atoms with Crippen LogP contribution in [0.3, 0.4) is 0 Å². The minimum absolute atomic E-state index is 0.0360. The van der Waals surface area contributed by atoms with Crippen LogP contribution in [-0.4, -0.2) is 46.0 Å². The van der Waals surface area contributed by atoms with Crippen LogP contribution in [-0.2, 0) is 4.74 Å². The molecule has 1 aliphatic heterocycles. The molecule has 1 atom stereocenters. The third kappa shape index (κ3) is 3.86. The Balaban J connectivity index is 2.34. The smallest absolute Gasteiger partial charge is 0.410 e. The van der Waals surface area contributed by atoms with E-state index in [0.717, 1.165) is 30.0 Å². The van der Waals surface area contributed by atoms with Crippen molar-refractivity contribution in [3.63, 3.8) is 0 Å². The maximum absolute atomic E-state index is 12.6. The molecule has 23 heavy (non-hydrogen) atoms. The van der Waals surface area contributed by atoms with Gasteiger partial charge in [-0.25, -0.2) is 4.79 Å². The number of hydrogen-bond donors (Lipinski definition) is 1. The predicted octanol–water partition coefficient (Wildman–Crippen LogP) is 2.96. The van der Waals surface area contributed by atoms with Crippen molar-refractivity contribution in [1.29, 1.82) is 0 Å². The van der Waals surface area contributed by atoms with E-state index in [-0.39, 0.29) is 12.1 Å². The third-order valence-corrected chi connectivity index (χ3v) is 4.07. The quantitative estimate of drug-likeness (QED) is 0.909. The van der Waals surface area contributed by atoms with Crippen molar-refractivity contribution in [1.82, 2.24) is 20.0 Å². The lowest BCUT2D eigenvalue weighted by molar-refractivity contribution is 0.0117. The summed E-state index contributed by atoms with van der Waals surface area (Å²) in [6.07, 6.45) is -0.250. The Bertz CT molecular complexity index is 572. The highest BCUT2D eigenvalue weighted by atomic mass is 16.6. The largest absolute Gasteiger partial charge is 0.444 e. The zero-order chi connectivity index (χ0) is 17.4. The van der Waals surface area contributed by atoms with Gasteiger partial charge in [0.2, 0.25) is 0 Å². The summed E-state index contributed by atoms with van der Waals surface area (Å²) in [4.78, 5) is 14.4. The van der Waals surface area contributed by atoms with Crippen LogP contribution in [0, 0.1) is 13.8 Å². The minimum Gasteiger partial charge on any atom is -0.444 e. The van der Waals surface area contributed by atoms with Crippen molar-refractivity contribution < 1.29 is 9.53 Å². The molecule has 130 valence electrons. The summed E-state index contributed by atoms with van der Waals surface area (Å²) >= 11 is 0. The SMILES string of the molecule is Cc1nn(C(C)C)c(C)c1C1CNCCN1C(=O)OC(C)(C)C. The van der Waals surface area contributed by atoms with Gasteiger partial charge in [-0.15, -0.1) is 0 Å². The van der Waals surface area contributed by atoms with Gasteiger partial charge in [-0.1, -0.05) is 0 Å². The van der Waals surface area contributed by atoms with Gasteiger partial charge < -0.3 is 10.1 Å². The Morgan fingerprint density at radius 3 is 2.52 bits per heavy atom.